The fourth-order valence-electron chi connectivity index (χ4n) is 4.91. The number of benzene rings is 1. The molecule has 1 saturated heterocycles. The minimum atomic E-state index is -0.113. The molecule has 5 nitrogen and oxygen atoms in total. The molecule has 5 heteroatoms. The first-order valence-electron chi connectivity index (χ1n) is 9.55. The van der Waals surface area contributed by atoms with E-state index in [1.54, 1.807) is 0 Å². The van der Waals surface area contributed by atoms with Crippen molar-refractivity contribution in [2.45, 2.75) is 50.5 Å². The maximum absolute atomic E-state index is 12.5. The van der Waals surface area contributed by atoms with E-state index in [0.29, 0.717) is 32.1 Å². The van der Waals surface area contributed by atoms with Crippen LogP contribution in [0.5, 0.6) is 0 Å². The third kappa shape index (κ3) is 3.27. The summed E-state index contributed by atoms with van der Waals surface area (Å²) in [7, 11) is 0. The molecule has 2 amide bonds. The lowest BCUT2D eigenvalue weighted by atomic mass is 9.84. The largest absolute Gasteiger partial charge is 0.396 e. The van der Waals surface area contributed by atoms with E-state index in [1.807, 2.05) is 0 Å². The van der Waals surface area contributed by atoms with Crippen molar-refractivity contribution in [3.63, 3.8) is 0 Å². The van der Waals surface area contributed by atoms with E-state index in [2.05, 4.69) is 28.8 Å². The Labute approximate surface area is 149 Å². The molecule has 136 valence electrons. The average Bonchev–Trinajstić information content (AvgIpc) is 3.21. The maximum atomic E-state index is 12.5. The summed E-state index contributed by atoms with van der Waals surface area (Å²) in [6.07, 6.45) is 6.24. The zero-order valence-corrected chi connectivity index (χ0v) is 14.7. The number of urea groups is 1. The van der Waals surface area contributed by atoms with Gasteiger partial charge in [0.25, 0.3) is 0 Å². The lowest BCUT2D eigenvalue weighted by Gasteiger charge is -2.27. The molecule has 1 fully saturated rings. The van der Waals surface area contributed by atoms with Crippen molar-refractivity contribution >= 4 is 6.03 Å². The van der Waals surface area contributed by atoms with E-state index >= 15 is 0 Å². The fraction of sp³-hybridized carbons (Fsp3) is 0.650. The highest BCUT2D eigenvalue weighted by Crippen LogP contribution is 2.47. The summed E-state index contributed by atoms with van der Waals surface area (Å²) in [5, 5.41) is 15.5. The Hall–Kier alpha value is -1.59. The smallest absolute Gasteiger partial charge is 0.315 e. The van der Waals surface area contributed by atoms with Gasteiger partial charge in [-0.15, -0.1) is 0 Å². The number of hydrogen-bond acceptors (Lipinski definition) is 3. The Balaban J connectivity index is 1.39. The molecule has 0 radical (unpaired) electrons. The number of ether oxygens (including phenoxy) is 1. The number of amides is 2. The van der Waals surface area contributed by atoms with Gasteiger partial charge < -0.3 is 20.5 Å². The Morgan fingerprint density at radius 1 is 1.40 bits per heavy atom. The molecule has 3 N–H and O–H groups in total. The summed E-state index contributed by atoms with van der Waals surface area (Å²) in [5.41, 5.74) is 4.17. The molecule has 3 aliphatic rings. The topological polar surface area (TPSA) is 70.6 Å². The molecule has 0 spiro atoms. The molecule has 1 aliphatic heterocycles. The number of aliphatic hydroxyl groups excluding tert-OH is 1. The number of hydrogen-bond donors (Lipinski definition) is 3. The lowest BCUT2D eigenvalue weighted by Crippen LogP contribution is -2.44. The molecular weight excluding hydrogens is 316 g/mol. The van der Waals surface area contributed by atoms with Gasteiger partial charge in [0.2, 0.25) is 0 Å². The summed E-state index contributed by atoms with van der Waals surface area (Å²) in [6.45, 7) is 2.02. The number of carbonyl (C=O) groups excluding carboxylic acids is 1. The summed E-state index contributed by atoms with van der Waals surface area (Å²) in [4.78, 5) is 12.5. The number of aryl methyl sites for hydroxylation is 1. The quantitative estimate of drug-likeness (QED) is 0.769. The van der Waals surface area contributed by atoms with Crippen molar-refractivity contribution in [2.24, 2.45) is 5.41 Å². The van der Waals surface area contributed by atoms with Crippen LogP contribution in [-0.2, 0) is 11.2 Å². The van der Waals surface area contributed by atoms with E-state index in [0.717, 1.165) is 12.8 Å². The molecular formula is C20H28N2O3. The van der Waals surface area contributed by atoms with Gasteiger partial charge in [0, 0.05) is 25.2 Å². The first-order valence-corrected chi connectivity index (χ1v) is 9.55. The second-order valence-corrected chi connectivity index (χ2v) is 7.90. The first kappa shape index (κ1) is 16.9. The number of aliphatic hydroxyl groups is 1. The summed E-state index contributed by atoms with van der Waals surface area (Å²) in [5.74, 6) is 0.606. The minimum absolute atomic E-state index is 0.106. The predicted molar refractivity (Wildman–Crippen MR) is 95.6 cm³/mol. The molecule has 2 aliphatic carbocycles. The Bertz CT molecular complexity index is 640. The van der Waals surface area contributed by atoms with Gasteiger partial charge in [-0.25, -0.2) is 4.79 Å². The van der Waals surface area contributed by atoms with E-state index in [4.69, 9.17) is 4.74 Å². The summed E-state index contributed by atoms with van der Waals surface area (Å²) in [6, 6.07) is 6.55. The minimum Gasteiger partial charge on any atom is -0.396 e. The summed E-state index contributed by atoms with van der Waals surface area (Å²) < 4.78 is 5.49. The number of carbonyl (C=O) groups is 1. The van der Waals surface area contributed by atoms with Crippen molar-refractivity contribution in [2.75, 3.05) is 26.4 Å². The van der Waals surface area contributed by atoms with Crippen LogP contribution in [0.2, 0.25) is 0 Å². The molecule has 25 heavy (non-hydrogen) atoms. The van der Waals surface area contributed by atoms with E-state index < -0.39 is 0 Å². The van der Waals surface area contributed by atoms with Crippen LogP contribution >= 0.6 is 0 Å². The van der Waals surface area contributed by atoms with Crippen LogP contribution in [0.3, 0.4) is 0 Å². The van der Waals surface area contributed by atoms with Crippen LogP contribution in [0.25, 0.3) is 0 Å². The van der Waals surface area contributed by atoms with Crippen molar-refractivity contribution in [1.82, 2.24) is 10.6 Å². The zero-order valence-electron chi connectivity index (χ0n) is 14.7. The van der Waals surface area contributed by atoms with E-state index in [-0.39, 0.29) is 24.1 Å². The fourth-order valence-corrected chi connectivity index (χ4v) is 4.91. The highest BCUT2D eigenvalue weighted by Gasteiger charge is 2.37. The molecule has 1 heterocycles. The Morgan fingerprint density at radius 2 is 2.32 bits per heavy atom. The van der Waals surface area contributed by atoms with Gasteiger partial charge in [-0.05, 0) is 61.1 Å². The zero-order chi connectivity index (χ0) is 17.3. The number of nitrogens with one attached hydrogen (secondary N) is 2. The van der Waals surface area contributed by atoms with Gasteiger partial charge >= 0.3 is 6.03 Å². The van der Waals surface area contributed by atoms with E-state index in [9.17, 15) is 9.90 Å². The van der Waals surface area contributed by atoms with Gasteiger partial charge in [-0.1, -0.05) is 18.2 Å². The number of rotatable bonds is 5. The van der Waals surface area contributed by atoms with Gasteiger partial charge in [-0.2, -0.15) is 0 Å². The second-order valence-electron chi connectivity index (χ2n) is 7.90. The monoisotopic (exact) mass is 344 g/mol. The van der Waals surface area contributed by atoms with Crippen molar-refractivity contribution in [1.29, 1.82) is 0 Å². The third-order valence-electron chi connectivity index (χ3n) is 6.29. The maximum Gasteiger partial charge on any atom is 0.315 e. The van der Waals surface area contributed by atoms with E-state index in [1.165, 1.54) is 36.0 Å². The third-order valence-corrected chi connectivity index (χ3v) is 6.29. The SMILES string of the molecule is O=C(NCC1(CCO)CCOC1)NC1CC2CCCc3cccc1c32. The average molecular weight is 344 g/mol. The lowest BCUT2D eigenvalue weighted by molar-refractivity contribution is 0.125. The van der Waals surface area contributed by atoms with Gasteiger partial charge in [0.15, 0.2) is 0 Å². The molecule has 3 unspecified atom stereocenters. The molecule has 4 rings (SSSR count). The first-order chi connectivity index (χ1) is 12.2. The Morgan fingerprint density at radius 3 is 3.12 bits per heavy atom. The molecule has 3 atom stereocenters. The van der Waals surface area contributed by atoms with Crippen molar-refractivity contribution in [3.05, 3.63) is 34.9 Å². The Kier molecular flexibility index (Phi) is 4.69. The molecule has 1 aromatic rings. The standard InChI is InChI=1S/C20H28N2O3/c23-9-7-20(8-10-25-13-20)12-21-19(24)22-17-11-15-5-1-3-14-4-2-6-16(17)18(14)15/h2,4,6,15,17,23H,1,3,5,7-13H2,(H2,21,22,24). The van der Waals surface area contributed by atoms with Crippen molar-refractivity contribution < 1.29 is 14.6 Å². The van der Waals surface area contributed by atoms with Crippen LogP contribution in [0.15, 0.2) is 18.2 Å². The normalized spacial score (nSPS) is 30.1. The highest BCUT2D eigenvalue weighted by molar-refractivity contribution is 5.75. The van der Waals surface area contributed by atoms with Gasteiger partial charge in [-0.3, -0.25) is 0 Å². The van der Waals surface area contributed by atoms with Gasteiger partial charge in [0.05, 0.1) is 12.6 Å². The van der Waals surface area contributed by atoms with Crippen LogP contribution in [0.1, 0.15) is 60.8 Å². The highest BCUT2D eigenvalue weighted by atomic mass is 16.5. The van der Waals surface area contributed by atoms with Gasteiger partial charge in [0.1, 0.15) is 0 Å². The molecule has 0 aromatic heterocycles. The van der Waals surface area contributed by atoms with Crippen LogP contribution in [0.4, 0.5) is 4.79 Å². The van der Waals surface area contributed by atoms with Crippen molar-refractivity contribution in [3.8, 4) is 0 Å². The molecule has 0 saturated carbocycles. The van der Waals surface area contributed by atoms with Crippen LogP contribution in [0, 0.1) is 5.41 Å². The summed E-state index contributed by atoms with van der Waals surface area (Å²) >= 11 is 0. The molecule has 0 bridgehead atoms. The predicted octanol–water partition coefficient (Wildman–Crippen LogP) is 2.64. The van der Waals surface area contributed by atoms with Crippen LogP contribution < -0.4 is 10.6 Å². The molecule has 1 aromatic carbocycles. The second kappa shape index (κ2) is 6.96. The van der Waals surface area contributed by atoms with Crippen LogP contribution in [-0.4, -0.2) is 37.5 Å².